The average Bonchev–Trinajstić information content (AvgIpc) is 3.16. The van der Waals surface area contributed by atoms with Crippen molar-refractivity contribution >= 4 is 32.7 Å². The molecule has 1 atom stereocenters. The van der Waals surface area contributed by atoms with Gasteiger partial charge in [0.15, 0.2) is 15.0 Å². The van der Waals surface area contributed by atoms with Gasteiger partial charge in [-0.2, -0.15) is 0 Å². The van der Waals surface area contributed by atoms with Gasteiger partial charge in [-0.1, -0.05) is 43.0 Å². The first-order chi connectivity index (χ1) is 13.9. The number of thioether (sulfide) groups is 1. The van der Waals surface area contributed by atoms with Gasteiger partial charge in [-0.15, -0.1) is 0 Å². The predicted octanol–water partition coefficient (Wildman–Crippen LogP) is 3.59. The number of nitrogens with zero attached hydrogens (tertiary/aromatic N) is 1. The summed E-state index contributed by atoms with van der Waals surface area (Å²) < 4.78 is 29.0. The zero-order valence-electron chi connectivity index (χ0n) is 16.4. The quantitative estimate of drug-likeness (QED) is 0.723. The van der Waals surface area contributed by atoms with Crippen LogP contribution in [0.2, 0.25) is 0 Å². The van der Waals surface area contributed by atoms with Crippen molar-refractivity contribution in [3.05, 3.63) is 65.2 Å². The van der Waals surface area contributed by atoms with Crippen LogP contribution in [0.4, 0.5) is 0 Å². The Kier molecular flexibility index (Phi) is 6.97. The number of nitrogens with one attached hydrogen (secondary N) is 1. The Morgan fingerprint density at radius 3 is 2.48 bits per heavy atom. The number of amidine groups is 1. The smallest absolute Gasteiger partial charge is 0.257 e. The summed E-state index contributed by atoms with van der Waals surface area (Å²) in [4.78, 5) is 17.1. The van der Waals surface area contributed by atoms with Crippen LogP contribution in [0.5, 0.6) is 5.75 Å². The molecule has 6 nitrogen and oxygen atoms in total. The summed E-state index contributed by atoms with van der Waals surface area (Å²) in [6, 6.07) is 14.4. The fraction of sp³-hybridized carbons (Fsp3) is 0.333. The van der Waals surface area contributed by atoms with E-state index in [9.17, 15) is 13.2 Å². The molecule has 0 radical (unpaired) electrons. The number of methoxy groups -OCH3 is 1. The van der Waals surface area contributed by atoms with Crippen molar-refractivity contribution in [1.29, 1.82) is 0 Å². The highest BCUT2D eigenvalue weighted by Crippen LogP contribution is 2.30. The first kappa shape index (κ1) is 21.4. The van der Waals surface area contributed by atoms with Crippen molar-refractivity contribution in [3.63, 3.8) is 0 Å². The van der Waals surface area contributed by atoms with Gasteiger partial charge in [-0.3, -0.25) is 9.79 Å². The van der Waals surface area contributed by atoms with Gasteiger partial charge in [0.1, 0.15) is 5.75 Å². The lowest BCUT2D eigenvalue weighted by molar-refractivity contribution is 0.0978. The van der Waals surface area contributed by atoms with Crippen molar-refractivity contribution in [2.24, 2.45) is 4.99 Å². The molecule has 0 bridgehead atoms. The molecule has 1 heterocycles. The zero-order valence-corrected chi connectivity index (χ0v) is 18.1. The number of amides is 1. The summed E-state index contributed by atoms with van der Waals surface area (Å²) in [7, 11) is -1.48. The maximum absolute atomic E-state index is 12.5. The molecule has 3 rings (SSSR count). The molecule has 1 unspecified atom stereocenters. The third kappa shape index (κ3) is 5.83. The van der Waals surface area contributed by atoms with Crippen LogP contribution < -0.4 is 10.1 Å². The summed E-state index contributed by atoms with van der Waals surface area (Å²) in [6.45, 7) is 1.84. The number of benzene rings is 2. The van der Waals surface area contributed by atoms with Gasteiger partial charge in [0, 0.05) is 11.3 Å². The summed E-state index contributed by atoms with van der Waals surface area (Å²) in [6.07, 6.45) is 0.597. The molecule has 1 aliphatic heterocycles. The molecule has 0 spiro atoms. The third-order valence-electron chi connectivity index (χ3n) is 4.49. The molecule has 154 valence electrons. The fourth-order valence-corrected chi connectivity index (χ4v) is 5.41. The molecule has 0 saturated heterocycles. The molecule has 1 amide bonds. The lowest BCUT2D eigenvalue weighted by Gasteiger charge is -2.07. The number of carbonyl (C=O) groups excluding carboxylic acids is 1. The van der Waals surface area contributed by atoms with Crippen LogP contribution in [-0.2, 0) is 15.6 Å². The topological polar surface area (TPSA) is 84.8 Å². The number of aliphatic imine (C=N–C) groups is 1. The van der Waals surface area contributed by atoms with Gasteiger partial charge in [-0.05, 0) is 41.8 Å². The Morgan fingerprint density at radius 2 is 1.86 bits per heavy atom. The summed E-state index contributed by atoms with van der Waals surface area (Å²) >= 11 is 1.50. The largest absolute Gasteiger partial charge is 0.497 e. The summed E-state index contributed by atoms with van der Waals surface area (Å²) in [5.74, 6) is 1.46. The van der Waals surface area contributed by atoms with E-state index in [1.54, 1.807) is 31.4 Å². The average molecular weight is 433 g/mol. The molecule has 2 aromatic rings. The van der Waals surface area contributed by atoms with Crippen LogP contribution in [0, 0.1) is 0 Å². The fourth-order valence-electron chi connectivity index (χ4n) is 3.00. The van der Waals surface area contributed by atoms with Crippen LogP contribution in [0.25, 0.3) is 0 Å². The molecule has 0 fully saturated rings. The number of hydrogen-bond donors (Lipinski definition) is 1. The molecule has 0 aromatic heterocycles. The van der Waals surface area contributed by atoms with Gasteiger partial charge in [0.25, 0.3) is 5.91 Å². The number of carbonyl (C=O) groups is 1. The van der Waals surface area contributed by atoms with Crippen molar-refractivity contribution in [2.75, 3.05) is 18.6 Å². The molecular formula is C21H24N2O4S2. The number of ether oxygens (including phenoxy) is 1. The summed E-state index contributed by atoms with van der Waals surface area (Å²) in [5.41, 5.74) is 2.22. The molecule has 2 aromatic carbocycles. The van der Waals surface area contributed by atoms with Gasteiger partial charge in [-0.25, -0.2) is 8.42 Å². The minimum Gasteiger partial charge on any atom is -0.497 e. The van der Waals surface area contributed by atoms with Gasteiger partial charge in [0.2, 0.25) is 0 Å². The van der Waals surface area contributed by atoms with E-state index in [0.29, 0.717) is 22.7 Å². The zero-order chi connectivity index (χ0) is 20.9. The standard InChI is InChI=1S/C21H24N2O4S2/c1-3-12-29(25,26)14-15-4-6-17(7-5-15)20(24)23-21-22-19(13-28-21)16-8-10-18(27-2)11-9-16/h4-11,19H,3,12-14H2,1-2H3,(H,22,23,24). The highest BCUT2D eigenvalue weighted by atomic mass is 32.2. The van der Waals surface area contributed by atoms with E-state index in [-0.39, 0.29) is 23.5 Å². The molecule has 1 N–H and O–H groups in total. The Hall–Kier alpha value is -2.32. The highest BCUT2D eigenvalue weighted by molar-refractivity contribution is 8.14. The van der Waals surface area contributed by atoms with E-state index < -0.39 is 9.84 Å². The maximum Gasteiger partial charge on any atom is 0.257 e. The molecule has 0 aliphatic carbocycles. The van der Waals surface area contributed by atoms with E-state index in [4.69, 9.17) is 4.74 Å². The lowest BCUT2D eigenvalue weighted by atomic mass is 10.1. The SMILES string of the molecule is CCCS(=O)(=O)Cc1ccc(C(=O)NC2=NC(c3ccc(OC)cc3)CS2)cc1. The molecule has 29 heavy (non-hydrogen) atoms. The van der Waals surface area contributed by atoms with Crippen molar-refractivity contribution in [3.8, 4) is 5.75 Å². The van der Waals surface area contributed by atoms with Crippen LogP contribution >= 0.6 is 11.8 Å². The predicted molar refractivity (Wildman–Crippen MR) is 117 cm³/mol. The van der Waals surface area contributed by atoms with Crippen molar-refractivity contribution < 1.29 is 17.9 Å². The van der Waals surface area contributed by atoms with E-state index in [0.717, 1.165) is 17.1 Å². The summed E-state index contributed by atoms with van der Waals surface area (Å²) in [5, 5.41) is 3.42. The number of sulfone groups is 1. The van der Waals surface area contributed by atoms with Crippen molar-refractivity contribution in [1.82, 2.24) is 5.32 Å². The van der Waals surface area contributed by atoms with Gasteiger partial charge >= 0.3 is 0 Å². The third-order valence-corrected chi connectivity index (χ3v) is 7.26. The van der Waals surface area contributed by atoms with Gasteiger partial charge in [0.05, 0.1) is 24.7 Å². The Balaban J connectivity index is 1.61. The maximum atomic E-state index is 12.5. The van der Waals surface area contributed by atoms with E-state index in [1.807, 2.05) is 31.2 Å². The second-order valence-electron chi connectivity index (χ2n) is 6.78. The first-order valence-corrected chi connectivity index (χ1v) is 12.2. The van der Waals surface area contributed by atoms with Gasteiger partial charge < -0.3 is 10.1 Å². The minimum atomic E-state index is -3.10. The monoisotopic (exact) mass is 432 g/mol. The second kappa shape index (κ2) is 9.45. The molecule has 8 heteroatoms. The Bertz CT molecular complexity index is 984. The van der Waals surface area contributed by atoms with Crippen LogP contribution in [0.1, 0.15) is 40.9 Å². The Morgan fingerprint density at radius 1 is 1.17 bits per heavy atom. The lowest BCUT2D eigenvalue weighted by Crippen LogP contribution is -2.27. The first-order valence-electron chi connectivity index (χ1n) is 9.35. The van der Waals surface area contributed by atoms with E-state index >= 15 is 0 Å². The number of rotatable bonds is 7. The normalized spacial score (nSPS) is 16.3. The number of hydrogen-bond acceptors (Lipinski definition) is 6. The van der Waals surface area contributed by atoms with E-state index in [1.165, 1.54) is 11.8 Å². The Labute approximate surface area is 175 Å². The van der Waals surface area contributed by atoms with Crippen LogP contribution in [-0.4, -0.2) is 38.1 Å². The minimum absolute atomic E-state index is 0.00512. The second-order valence-corrected chi connectivity index (χ2v) is 9.97. The van der Waals surface area contributed by atoms with E-state index in [2.05, 4.69) is 10.3 Å². The van der Waals surface area contributed by atoms with Crippen molar-refractivity contribution in [2.45, 2.75) is 25.1 Å². The van der Waals surface area contributed by atoms with Crippen LogP contribution in [0.3, 0.4) is 0 Å². The van der Waals surface area contributed by atoms with Crippen LogP contribution in [0.15, 0.2) is 53.5 Å². The molecule has 0 saturated carbocycles. The highest BCUT2D eigenvalue weighted by Gasteiger charge is 2.22. The molecule has 1 aliphatic rings. The molecular weight excluding hydrogens is 408 g/mol.